The Morgan fingerprint density at radius 1 is 1.26 bits per heavy atom. The van der Waals surface area contributed by atoms with Gasteiger partial charge in [-0.2, -0.15) is 5.10 Å². The van der Waals surface area contributed by atoms with Crippen LogP contribution in [0, 0.1) is 0 Å². The second-order valence-electron chi connectivity index (χ2n) is 4.69. The number of ether oxygens (including phenoxy) is 2. The average Bonchev–Trinajstić information content (AvgIpc) is 3.03. The number of rotatable bonds is 4. The lowest BCUT2D eigenvalue weighted by Gasteiger charge is -2.00. The van der Waals surface area contributed by atoms with Gasteiger partial charge in [0, 0.05) is 11.3 Å². The van der Waals surface area contributed by atoms with Gasteiger partial charge in [-0.1, -0.05) is 53.7 Å². The van der Waals surface area contributed by atoms with Crippen LogP contribution in [-0.4, -0.2) is 18.2 Å². The SMILES string of the molecule is NC(=NN=Cc1cc(Cl)c2c(c1)OCO2)SCc1ccccc1. The van der Waals surface area contributed by atoms with Crippen molar-refractivity contribution in [2.24, 2.45) is 15.9 Å². The molecule has 0 aliphatic carbocycles. The van der Waals surface area contributed by atoms with Gasteiger partial charge in [0.2, 0.25) is 6.79 Å². The standard InChI is InChI=1S/C16H14ClN3O2S/c17-13-6-12(7-14-15(13)22-10-21-14)8-19-20-16(18)23-9-11-4-2-1-3-5-11/h1-8H,9-10H2,(H2,18,20). The predicted octanol–water partition coefficient (Wildman–Crippen LogP) is 3.65. The first-order valence-corrected chi connectivity index (χ1v) is 8.21. The van der Waals surface area contributed by atoms with Crippen molar-refractivity contribution >= 4 is 34.7 Å². The monoisotopic (exact) mass is 347 g/mol. The van der Waals surface area contributed by atoms with Crippen LogP contribution in [0.4, 0.5) is 0 Å². The highest BCUT2D eigenvalue weighted by molar-refractivity contribution is 8.13. The number of halogens is 1. The van der Waals surface area contributed by atoms with Crippen molar-refractivity contribution in [1.82, 2.24) is 0 Å². The molecule has 23 heavy (non-hydrogen) atoms. The lowest BCUT2D eigenvalue weighted by Crippen LogP contribution is -2.05. The Balaban J connectivity index is 1.60. The number of nitrogens with zero attached hydrogens (tertiary/aromatic N) is 2. The molecule has 1 heterocycles. The van der Waals surface area contributed by atoms with Crippen LogP contribution in [0.1, 0.15) is 11.1 Å². The largest absolute Gasteiger partial charge is 0.454 e. The molecule has 0 fully saturated rings. The summed E-state index contributed by atoms with van der Waals surface area (Å²) in [4.78, 5) is 0. The summed E-state index contributed by atoms with van der Waals surface area (Å²) in [5.74, 6) is 1.92. The maximum atomic E-state index is 6.10. The molecule has 1 aliphatic rings. The van der Waals surface area contributed by atoms with Gasteiger partial charge in [0.1, 0.15) is 0 Å². The van der Waals surface area contributed by atoms with E-state index in [-0.39, 0.29) is 6.79 Å². The molecule has 1 aliphatic heterocycles. The molecule has 2 N–H and O–H groups in total. The highest BCUT2D eigenvalue weighted by Crippen LogP contribution is 2.39. The van der Waals surface area contributed by atoms with Gasteiger partial charge in [-0.25, -0.2) is 0 Å². The van der Waals surface area contributed by atoms with E-state index < -0.39 is 0 Å². The Kier molecular flexibility index (Phi) is 5.05. The van der Waals surface area contributed by atoms with Gasteiger partial charge in [-0.15, -0.1) is 5.10 Å². The zero-order valence-electron chi connectivity index (χ0n) is 12.1. The third-order valence-electron chi connectivity index (χ3n) is 3.04. The maximum Gasteiger partial charge on any atom is 0.231 e. The summed E-state index contributed by atoms with van der Waals surface area (Å²) in [7, 11) is 0. The number of hydrogen-bond donors (Lipinski definition) is 1. The molecular weight excluding hydrogens is 334 g/mol. The van der Waals surface area contributed by atoms with Gasteiger partial charge in [-0.05, 0) is 17.7 Å². The van der Waals surface area contributed by atoms with Crippen LogP contribution in [0.2, 0.25) is 5.02 Å². The number of thioether (sulfide) groups is 1. The molecule has 0 aromatic heterocycles. The first kappa shape index (κ1) is 15.7. The van der Waals surface area contributed by atoms with Crippen LogP contribution in [0.3, 0.4) is 0 Å². The summed E-state index contributed by atoms with van der Waals surface area (Å²) in [6.07, 6.45) is 1.57. The minimum Gasteiger partial charge on any atom is -0.454 e. The summed E-state index contributed by atoms with van der Waals surface area (Å²) < 4.78 is 10.6. The van der Waals surface area contributed by atoms with E-state index in [0.29, 0.717) is 21.7 Å². The van der Waals surface area contributed by atoms with Crippen molar-refractivity contribution in [2.45, 2.75) is 5.75 Å². The van der Waals surface area contributed by atoms with Gasteiger partial charge in [0.05, 0.1) is 11.2 Å². The fraction of sp³-hybridized carbons (Fsp3) is 0.125. The fourth-order valence-corrected chi connectivity index (χ4v) is 2.86. The Hall–Kier alpha value is -2.18. The van der Waals surface area contributed by atoms with Crippen LogP contribution in [-0.2, 0) is 5.75 Å². The summed E-state index contributed by atoms with van der Waals surface area (Å²) in [5, 5.41) is 8.84. The van der Waals surface area contributed by atoms with Gasteiger partial charge in [-0.3, -0.25) is 0 Å². The number of fused-ring (bicyclic) bond motifs is 1. The molecule has 0 spiro atoms. The van der Waals surface area contributed by atoms with Crippen molar-refractivity contribution < 1.29 is 9.47 Å². The smallest absolute Gasteiger partial charge is 0.231 e. The Morgan fingerprint density at radius 2 is 2.09 bits per heavy atom. The van der Waals surface area contributed by atoms with Crippen LogP contribution in [0.15, 0.2) is 52.7 Å². The molecule has 2 aromatic rings. The van der Waals surface area contributed by atoms with E-state index in [1.807, 2.05) is 30.3 Å². The molecule has 0 radical (unpaired) electrons. The molecule has 2 aromatic carbocycles. The molecule has 0 saturated carbocycles. The molecule has 0 amide bonds. The van der Waals surface area contributed by atoms with Crippen LogP contribution >= 0.6 is 23.4 Å². The van der Waals surface area contributed by atoms with Crippen LogP contribution in [0.5, 0.6) is 11.5 Å². The van der Waals surface area contributed by atoms with E-state index in [0.717, 1.165) is 11.3 Å². The molecule has 5 nitrogen and oxygen atoms in total. The molecular formula is C16H14ClN3O2S. The van der Waals surface area contributed by atoms with Crippen molar-refractivity contribution in [2.75, 3.05) is 6.79 Å². The second-order valence-corrected chi connectivity index (χ2v) is 6.10. The van der Waals surface area contributed by atoms with Crippen molar-refractivity contribution in [3.8, 4) is 11.5 Å². The predicted molar refractivity (Wildman–Crippen MR) is 94.5 cm³/mol. The van der Waals surface area contributed by atoms with Crippen LogP contribution < -0.4 is 15.2 Å². The van der Waals surface area contributed by atoms with E-state index in [1.54, 1.807) is 18.3 Å². The summed E-state index contributed by atoms with van der Waals surface area (Å²) in [5.41, 5.74) is 7.78. The first-order chi connectivity index (χ1) is 11.2. The van der Waals surface area contributed by atoms with Crippen molar-refractivity contribution in [1.29, 1.82) is 0 Å². The van der Waals surface area contributed by atoms with Crippen molar-refractivity contribution in [3.05, 3.63) is 58.6 Å². The third-order valence-corrected chi connectivity index (χ3v) is 4.18. The summed E-state index contributed by atoms with van der Waals surface area (Å²) >= 11 is 7.53. The van der Waals surface area contributed by atoms with E-state index in [4.69, 9.17) is 26.8 Å². The quantitative estimate of drug-likeness (QED) is 0.520. The number of nitrogens with two attached hydrogens (primary N) is 1. The first-order valence-electron chi connectivity index (χ1n) is 6.85. The normalized spacial score (nSPS) is 13.7. The average molecular weight is 348 g/mol. The molecule has 3 rings (SSSR count). The lowest BCUT2D eigenvalue weighted by atomic mass is 10.2. The highest BCUT2D eigenvalue weighted by Gasteiger charge is 2.17. The number of benzene rings is 2. The Morgan fingerprint density at radius 3 is 2.91 bits per heavy atom. The summed E-state index contributed by atoms with van der Waals surface area (Å²) in [6.45, 7) is 0.177. The third kappa shape index (κ3) is 4.18. The molecule has 7 heteroatoms. The van der Waals surface area contributed by atoms with Crippen LogP contribution in [0.25, 0.3) is 0 Å². The molecule has 0 unspecified atom stereocenters. The number of hydrogen-bond acceptors (Lipinski definition) is 5. The molecule has 0 saturated heterocycles. The maximum absolute atomic E-state index is 6.10. The topological polar surface area (TPSA) is 69.2 Å². The molecule has 118 valence electrons. The Labute approximate surface area is 143 Å². The zero-order chi connectivity index (χ0) is 16.1. The Bertz CT molecular complexity index is 750. The van der Waals surface area contributed by atoms with Gasteiger partial charge in [0.15, 0.2) is 16.7 Å². The minimum absolute atomic E-state index is 0.177. The fourth-order valence-electron chi connectivity index (χ4n) is 1.97. The summed E-state index contributed by atoms with van der Waals surface area (Å²) in [6, 6.07) is 13.6. The second kappa shape index (κ2) is 7.39. The minimum atomic E-state index is 0.177. The zero-order valence-corrected chi connectivity index (χ0v) is 13.7. The van der Waals surface area contributed by atoms with Gasteiger partial charge < -0.3 is 15.2 Å². The number of amidine groups is 1. The highest BCUT2D eigenvalue weighted by atomic mass is 35.5. The van der Waals surface area contributed by atoms with Crippen molar-refractivity contribution in [3.63, 3.8) is 0 Å². The van der Waals surface area contributed by atoms with E-state index in [2.05, 4.69) is 10.2 Å². The molecule has 0 bridgehead atoms. The van der Waals surface area contributed by atoms with E-state index in [9.17, 15) is 0 Å². The van der Waals surface area contributed by atoms with Gasteiger partial charge >= 0.3 is 0 Å². The lowest BCUT2D eigenvalue weighted by molar-refractivity contribution is 0.174. The van der Waals surface area contributed by atoms with Gasteiger partial charge in [0.25, 0.3) is 0 Å². The van der Waals surface area contributed by atoms with E-state index in [1.165, 1.54) is 17.3 Å². The molecule has 0 atom stereocenters. The van der Waals surface area contributed by atoms with E-state index >= 15 is 0 Å².